The lowest BCUT2D eigenvalue weighted by Crippen LogP contribution is -2.45. The summed E-state index contributed by atoms with van der Waals surface area (Å²) in [5.74, 6) is 0.200. The Morgan fingerprint density at radius 1 is 1.11 bits per heavy atom. The molecule has 18 heavy (non-hydrogen) atoms. The molecular formula is C13H28BrNO2S. The van der Waals surface area contributed by atoms with Gasteiger partial charge in [-0.1, -0.05) is 57.5 Å². The van der Waals surface area contributed by atoms with Crippen molar-refractivity contribution in [1.29, 1.82) is 0 Å². The van der Waals surface area contributed by atoms with Crippen LogP contribution in [0.1, 0.15) is 54.4 Å². The highest BCUT2D eigenvalue weighted by Gasteiger charge is 2.28. The van der Waals surface area contributed by atoms with Crippen molar-refractivity contribution in [2.75, 3.05) is 11.1 Å². The van der Waals surface area contributed by atoms with Crippen LogP contribution in [0.4, 0.5) is 0 Å². The van der Waals surface area contributed by atoms with E-state index in [1.54, 1.807) is 0 Å². The SMILES string of the molecule is CC(C)(C)CCS(=O)(=O)NC(CCBr)C(C)(C)C. The van der Waals surface area contributed by atoms with E-state index in [0.717, 1.165) is 11.8 Å². The fourth-order valence-electron chi connectivity index (χ4n) is 1.49. The number of alkyl halides is 1. The lowest BCUT2D eigenvalue weighted by atomic mass is 9.86. The molecule has 0 fully saturated rings. The van der Waals surface area contributed by atoms with Gasteiger partial charge in [-0.2, -0.15) is 0 Å². The summed E-state index contributed by atoms with van der Waals surface area (Å²) in [4.78, 5) is 0. The molecule has 0 bridgehead atoms. The minimum Gasteiger partial charge on any atom is -0.212 e. The van der Waals surface area contributed by atoms with Gasteiger partial charge in [-0.25, -0.2) is 13.1 Å². The van der Waals surface area contributed by atoms with E-state index in [-0.39, 0.29) is 22.6 Å². The Balaban J connectivity index is 4.62. The first-order chi connectivity index (χ1) is 7.87. The van der Waals surface area contributed by atoms with Crippen LogP contribution in [-0.2, 0) is 10.0 Å². The van der Waals surface area contributed by atoms with Crippen LogP contribution in [0.25, 0.3) is 0 Å². The molecule has 0 spiro atoms. The Hall–Kier alpha value is 0.390. The van der Waals surface area contributed by atoms with Crippen LogP contribution in [0.5, 0.6) is 0 Å². The van der Waals surface area contributed by atoms with Gasteiger partial charge in [-0.05, 0) is 23.7 Å². The molecule has 110 valence electrons. The summed E-state index contributed by atoms with van der Waals surface area (Å²) in [5, 5.41) is 0.802. The fraction of sp³-hybridized carbons (Fsp3) is 1.00. The van der Waals surface area contributed by atoms with Gasteiger partial charge in [-0.3, -0.25) is 0 Å². The molecule has 1 unspecified atom stereocenters. The summed E-state index contributed by atoms with van der Waals surface area (Å²) in [6.07, 6.45) is 1.48. The topological polar surface area (TPSA) is 46.2 Å². The molecule has 0 amide bonds. The number of hydrogen-bond acceptors (Lipinski definition) is 2. The summed E-state index contributed by atoms with van der Waals surface area (Å²) in [6, 6.07) is -0.0261. The maximum absolute atomic E-state index is 12.1. The van der Waals surface area contributed by atoms with Gasteiger partial charge < -0.3 is 0 Å². The second kappa shape index (κ2) is 6.71. The fourth-order valence-corrected chi connectivity index (χ4v) is 3.86. The van der Waals surface area contributed by atoms with Crippen LogP contribution in [0.15, 0.2) is 0 Å². The third-order valence-electron chi connectivity index (χ3n) is 2.89. The van der Waals surface area contributed by atoms with Crippen LogP contribution in [0, 0.1) is 10.8 Å². The van der Waals surface area contributed by atoms with Crippen molar-refractivity contribution < 1.29 is 8.42 Å². The Morgan fingerprint density at radius 3 is 1.94 bits per heavy atom. The van der Waals surface area contributed by atoms with Gasteiger partial charge in [0.1, 0.15) is 0 Å². The molecular weight excluding hydrogens is 314 g/mol. The van der Waals surface area contributed by atoms with Crippen LogP contribution in [0.3, 0.4) is 0 Å². The van der Waals surface area contributed by atoms with Crippen molar-refractivity contribution in [3.63, 3.8) is 0 Å². The standard InChI is InChI=1S/C13H28BrNO2S/c1-12(2,3)8-10-18(16,17)15-11(7-9-14)13(4,5)6/h11,15H,7-10H2,1-6H3. The third-order valence-corrected chi connectivity index (χ3v) is 4.73. The zero-order valence-electron chi connectivity index (χ0n) is 12.5. The van der Waals surface area contributed by atoms with Gasteiger partial charge in [0, 0.05) is 11.4 Å². The summed E-state index contributed by atoms with van der Waals surface area (Å²) in [6.45, 7) is 12.4. The van der Waals surface area contributed by atoms with Crippen LogP contribution < -0.4 is 4.72 Å². The van der Waals surface area contributed by atoms with Crippen LogP contribution >= 0.6 is 15.9 Å². The van der Waals surface area contributed by atoms with E-state index in [1.807, 2.05) is 0 Å². The molecule has 1 N–H and O–H groups in total. The molecule has 1 atom stereocenters. The van der Waals surface area contributed by atoms with Gasteiger partial charge >= 0.3 is 0 Å². The highest BCUT2D eigenvalue weighted by atomic mass is 79.9. The highest BCUT2D eigenvalue weighted by Crippen LogP contribution is 2.24. The molecule has 0 aromatic carbocycles. The Morgan fingerprint density at radius 2 is 1.61 bits per heavy atom. The van der Waals surface area contributed by atoms with E-state index in [9.17, 15) is 8.42 Å². The maximum Gasteiger partial charge on any atom is 0.211 e. The number of rotatable bonds is 6. The first kappa shape index (κ1) is 18.4. The monoisotopic (exact) mass is 341 g/mol. The van der Waals surface area contributed by atoms with E-state index in [2.05, 4.69) is 62.2 Å². The van der Waals surface area contributed by atoms with Crippen LogP contribution in [0.2, 0.25) is 0 Å². The molecule has 0 aliphatic heterocycles. The normalized spacial score (nSPS) is 15.7. The lowest BCUT2D eigenvalue weighted by Gasteiger charge is -2.31. The molecule has 0 heterocycles. The molecule has 0 rings (SSSR count). The van der Waals surface area contributed by atoms with E-state index in [4.69, 9.17) is 0 Å². The van der Waals surface area contributed by atoms with Gasteiger partial charge in [0.15, 0.2) is 0 Å². The highest BCUT2D eigenvalue weighted by molar-refractivity contribution is 9.09. The molecule has 0 radical (unpaired) electrons. The van der Waals surface area contributed by atoms with Crippen molar-refractivity contribution in [2.24, 2.45) is 10.8 Å². The summed E-state index contributed by atoms with van der Waals surface area (Å²) < 4.78 is 27.0. The first-order valence-electron chi connectivity index (χ1n) is 6.43. The number of halogens is 1. The summed E-state index contributed by atoms with van der Waals surface area (Å²) in [7, 11) is -3.19. The van der Waals surface area contributed by atoms with E-state index in [1.165, 1.54) is 0 Å². The Labute approximate surface area is 121 Å². The zero-order valence-corrected chi connectivity index (χ0v) is 14.9. The molecule has 0 aliphatic carbocycles. The molecule has 0 aromatic rings. The molecule has 3 nitrogen and oxygen atoms in total. The maximum atomic E-state index is 12.1. The minimum atomic E-state index is -3.19. The van der Waals surface area contributed by atoms with Crippen molar-refractivity contribution in [3.05, 3.63) is 0 Å². The largest absolute Gasteiger partial charge is 0.212 e. The summed E-state index contributed by atoms with van der Waals surface area (Å²) >= 11 is 3.39. The first-order valence-corrected chi connectivity index (χ1v) is 9.21. The molecule has 0 saturated carbocycles. The van der Waals surface area contributed by atoms with Crippen molar-refractivity contribution in [3.8, 4) is 0 Å². The van der Waals surface area contributed by atoms with Gasteiger partial charge in [0.25, 0.3) is 0 Å². The average Bonchev–Trinajstić information content (AvgIpc) is 2.12. The molecule has 0 aliphatic rings. The minimum absolute atomic E-state index is 0.0261. The zero-order chi connectivity index (χ0) is 14.6. The smallest absolute Gasteiger partial charge is 0.211 e. The van der Waals surface area contributed by atoms with Crippen molar-refractivity contribution in [2.45, 2.75) is 60.4 Å². The average molecular weight is 342 g/mol. The number of nitrogens with one attached hydrogen (secondary N) is 1. The van der Waals surface area contributed by atoms with Crippen molar-refractivity contribution >= 4 is 26.0 Å². The van der Waals surface area contributed by atoms with Crippen LogP contribution in [-0.4, -0.2) is 25.5 Å². The molecule has 0 saturated heterocycles. The number of hydrogen-bond donors (Lipinski definition) is 1. The predicted octanol–water partition coefficient (Wildman–Crippen LogP) is 3.54. The second-order valence-electron chi connectivity index (χ2n) is 7.14. The van der Waals surface area contributed by atoms with E-state index >= 15 is 0 Å². The Kier molecular flexibility index (Phi) is 6.85. The second-order valence-corrected chi connectivity index (χ2v) is 9.81. The van der Waals surface area contributed by atoms with Crippen molar-refractivity contribution in [1.82, 2.24) is 4.72 Å². The van der Waals surface area contributed by atoms with Gasteiger partial charge in [-0.15, -0.1) is 0 Å². The molecule has 0 aromatic heterocycles. The third kappa shape index (κ3) is 8.48. The predicted molar refractivity (Wildman–Crippen MR) is 82.6 cm³/mol. The Bertz CT molecular complexity index is 339. The lowest BCUT2D eigenvalue weighted by molar-refractivity contribution is 0.292. The van der Waals surface area contributed by atoms with E-state index < -0.39 is 10.0 Å². The van der Waals surface area contributed by atoms with E-state index in [0.29, 0.717) is 6.42 Å². The quantitative estimate of drug-likeness (QED) is 0.751. The summed E-state index contributed by atoms with van der Waals surface area (Å²) in [5.41, 5.74) is -0.0238. The molecule has 5 heteroatoms. The number of sulfonamides is 1. The van der Waals surface area contributed by atoms with Gasteiger partial charge in [0.2, 0.25) is 10.0 Å². The van der Waals surface area contributed by atoms with Gasteiger partial charge in [0.05, 0.1) is 5.75 Å².